The Labute approximate surface area is 186 Å². The van der Waals surface area contributed by atoms with Crippen LogP contribution in [0.2, 0.25) is 0 Å². The maximum absolute atomic E-state index is 12.8. The molecule has 0 amide bonds. The van der Waals surface area contributed by atoms with Gasteiger partial charge in [0, 0.05) is 12.0 Å². The predicted molar refractivity (Wildman–Crippen MR) is 125 cm³/mol. The van der Waals surface area contributed by atoms with Gasteiger partial charge in [0.2, 0.25) is 0 Å². The van der Waals surface area contributed by atoms with Crippen molar-refractivity contribution in [1.82, 2.24) is 0 Å². The summed E-state index contributed by atoms with van der Waals surface area (Å²) in [5.41, 5.74) is -0.0752. The monoisotopic (exact) mass is 428 g/mol. The highest BCUT2D eigenvalue weighted by Gasteiger charge is 2.22. The van der Waals surface area contributed by atoms with Crippen LogP contribution in [0, 0.1) is 5.41 Å². The molecule has 0 radical (unpaired) electrons. The zero-order valence-electron chi connectivity index (χ0n) is 19.9. The average molecular weight is 429 g/mol. The van der Waals surface area contributed by atoms with E-state index in [1.165, 1.54) is 0 Å². The van der Waals surface area contributed by atoms with Gasteiger partial charge in [-0.2, -0.15) is 0 Å². The van der Waals surface area contributed by atoms with Crippen molar-refractivity contribution in [3.63, 3.8) is 0 Å². The molecule has 5 nitrogen and oxygen atoms in total. The van der Waals surface area contributed by atoms with E-state index in [4.69, 9.17) is 14.2 Å². The molecule has 1 rings (SSSR count). The van der Waals surface area contributed by atoms with Gasteiger partial charge < -0.3 is 14.2 Å². The summed E-state index contributed by atoms with van der Waals surface area (Å²) in [5.74, 6) is 0.606. The molecule has 0 aromatic heterocycles. The SMILES string of the molecule is C=C/C(=C\C)OC/C=C\COc1cc(C(=O)CC(C)(C)C)cc(C(=O)OC(C)(C)C)c1. The zero-order chi connectivity index (χ0) is 23.7. The molecule has 1 aromatic carbocycles. The van der Waals surface area contributed by atoms with Crippen LogP contribution in [0.15, 0.2) is 54.8 Å². The van der Waals surface area contributed by atoms with Crippen molar-refractivity contribution < 1.29 is 23.8 Å². The van der Waals surface area contributed by atoms with Gasteiger partial charge >= 0.3 is 5.97 Å². The van der Waals surface area contributed by atoms with Crippen LogP contribution in [0.4, 0.5) is 0 Å². The Morgan fingerprint density at radius 3 is 2.13 bits per heavy atom. The van der Waals surface area contributed by atoms with Crippen molar-refractivity contribution in [3.05, 3.63) is 66.0 Å². The Kier molecular flexibility index (Phi) is 9.76. The normalized spacial score (nSPS) is 12.5. The molecule has 1 aromatic rings. The summed E-state index contributed by atoms with van der Waals surface area (Å²) in [6, 6.07) is 4.84. The van der Waals surface area contributed by atoms with Crippen LogP contribution >= 0.6 is 0 Å². The number of hydrogen-bond donors (Lipinski definition) is 0. The summed E-state index contributed by atoms with van der Waals surface area (Å²) in [6.45, 7) is 17.6. The van der Waals surface area contributed by atoms with Crippen molar-refractivity contribution >= 4 is 11.8 Å². The number of allylic oxidation sites excluding steroid dienone is 2. The standard InChI is InChI=1S/C26H36O5/c1-9-21(10-2)29-13-11-12-14-30-22-16-19(23(27)18-25(3,4)5)15-20(17-22)24(28)31-26(6,7)8/h9-12,15-17H,1,13-14,18H2,2-8H3/b12-11-,21-10+. The number of carbonyl (C=O) groups excluding carboxylic acids is 2. The highest BCUT2D eigenvalue weighted by atomic mass is 16.6. The van der Waals surface area contributed by atoms with Gasteiger partial charge in [0.25, 0.3) is 0 Å². The van der Waals surface area contributed by atoms with Crippen molar-refractivity contribution in [2.45, 2.75) is 60.5 Å². The Balaban J connectivity index is 2.97. The Morgan fingerprint density at radius 2 is 1.58 bits per heavy atom. The van der Waals surface area contributed by atoms with Gasteiger partial charge in [0.1, 0.15) is 30.3 Å². The van der Waals surface area contributed by atoms with Crippen molar-refractivity contribution in [3.8, 4) is 5.75 Å². The fourth-order valence-electron chi connectivity index (χ4n) is 2.57. The number of benzene rings is 1. The third-order valence-corrected chi connectivity index (χ3v) is 3.90. The van der Waals surface area contributed by atoms with Gasteiger partial charge in [-0.1, -0.05) is 27.4 Å². The van der Waals surface area contributed by atoms with E-state index >= 15 is 0 Å². The zero-order valence-corrected chi connectivity index (χ0v) is 19.9. The first-order valence-corrected chi connectivity index (χ1v) is 10.5. The summed E-state index contributed by atoms with van der Waals surface area (Å²) in [6.07, 6.45) is 7.47. The second-order valence-corrected chi connectivity index (χ2v) is 9.40. The maximum atomic E-state index is 12.8. The minimum Gasteiger partial charge on any atom is -0.490 e. The van der Waals surface area contributed by atoms with Gasteiger partial charge in [-0.05, 0) is 75.6 Å². The molecule has 170 valence electrons. The molecule has 5 heteroatoms. The summed E-state index contributed by atoms with van der Waals surface area (Å²) in [4.78, 5) is 25.3. The lowest BCUT2D eigenvalue weighted by Crippen LogP contribution is -2.24. The minimum atomic E-state index is -0.635. The second-order valence-electron chi connectivity index (χ2n) is 9.40. The highest BCUT2D eigenvalue weighted by molar-refractivity contribution is 6.00. The van der Waals surface area contributed by atoms with Crippen LogP contribution in [0.1, 0.15) is 75.6 Å². The van der Waals surface area contributed by atoms with E-state index in [-0.39, 0.29) is 17.8 Å². The molecule has 0 bridgehead atoms. The molecule has 0 spiro atoms. The molecular formula is C26H36O5. The Bertz CT molecular complexity index is 786. The maximum Gasteiger partial charge on any atom is 0.338 e. The largest absolute Gasteiger partial charge is 0.490 e. The molecule has 0 heterocycles. The summed E-state index contributed by atoms with van der Waals surface area (Å²) in [7, 11) is 0. The molecule has 0 unspecified atom stereocenters. The number of ether oxygens (including phenoxy) is 3. The summed E-state index contributed by atoms with van der Waals surface area (Å²) >= 11 is 0. The molecule has 0 atom stereocenters. The van der Waals surface area contributed by atoms with Crippen molar-refractivity contribution in [2.24, 2.45) is 5.41 Å². The van der Waals surface area contributed by atoms with Crippen LogP contribution in [0.5, 0.6) is 5.75 Å². The minimum absolute atomic E-state index is 0.0463. The van der Waals surface area contributed by atoms with Gasteiger partial charge in [0.05, 0.1) is 5.56 Å². The average Bonchev–Trinajstić information content (AvgIpc) is 2.64. The molecule has 0 saturated heterocycles. The predicted octanol–water partition coefficient (Wildman–Crippen LogP) is 6.30. The second kappa shape index (κ2) is 11.5. The number of carbonyl (C=O) groups is 2. The third kappa shape index (κ3) is 10.7. The molecule has 0 aliphatic rings. The first-order chi connectivity index (χ1) is 14.3. The number of rotatable bonds is 10. The summed E-state index contributed by atoms with van der Waals surface area (Å²) in [5, 5.41) is 0. The number of hydrogen-bond acceptors (Lipinski definition) is 5. The highest BCUT2D eigenvalue weighted by Crippen LogP contribution is 2.25. The van der Waals surface area contributed by atoms with E-state index in [9.17, 15) is 9.59 Å². The molecule has 31 heavy (non-hydrogen) atoms. The topological polar surface area (TPSA) is 61.8 Å². The molecule has 0 N–H and O–H groups in total. The lowest BCUT2D eigenvalue weighted by molar-refractivity contribution is 0.00691. The fourth-order valence-corrected chi connectivity index (χ4v) is 2.57. The van der Waals surface area contributed by atoms with E-state index in [0.717, 1.165) is 0 Å². The van der Waals surface area contributed by atoms with E-state index < -0.39 is 11.6 Å². The lowest BCUT2D eigenvalue weighted by Gasteiger charge is -2.20. The van der Waals surface area contributed by atoms with Crippen LogP contribution < -0.4 is 4.74 Å². The molecule has 0 aliphatic carbocycles. The van der Waals surface area contributed by atoms with Gasteiger partial charge in [-0.25, -0.2) is 4.79 Å². The van der Waals surface area contributed by atoms with Crippen LogP contribution in [0.3, 0.4) is 0 Å². The van der Waals surface area contributed by atoms with E-state index in [1.807, 2.05) is 45.9 Å². The van der Waals surface area contributed by atoms with Gasteiger partial charge in [-0.3, -0.25) is 4.79 Å². The summed E-state index contributed by atoms with van der Waals surface area (Å²) < 4.78 is 16.7. The van der Waals surface area contributed by atoms with E-state index in [2.05, 4.69) is 6.58 Å². The molecular weight excluding hydrogens is 392 g/mol. The third-order valence-electron chi connectivity index (χ3n) is 3.90. The molecule has 0 fully saturated rings. The number of esters is 1. The lowest BCUT2D eigenvalue weighted by atomic mass is 9.87. The van der Waals surface area contributed by atoms with Gasteiger partial charge in [-0.15, -0.1) is 0 Å². The van der Waals surface area contributed by atoms with Crippen molar-refractivity contribution in [1.29, 1.82) is 0 Å². The number of Topliss-reactive ketones (excluding diaryl/α,β-unsaturated/α-hetero) is 1. The van der Waals surface area contributed by atoms with Crippen molar-refractivity contribution in [2.75, 3.05) is 13.2 Å². The molecule has 0 saturated carbocycles. The van der Waals surface area contributed by atoms with Gasteiger partial charge in [0.15, 0.2) is 5.78 Å². The van der Waals surface area contributed by atoms with E-state index in [1.54, 1.807) is 45.0 Å². The smallest absolute Gasteiger partial charge is 0.338 e. The number of ketones is 1. The van der Waals surface area contributed by atoms with Crippen LogP contribution in [-0.4, -0.2) is 30.6 Å². The quantitative estimate of drug-likeness (QED) is 0.144. The molecule has 0 aliphatic heterocycles. The Morgan fingerprint density at radius 1 is 0.968 bits per heavy atom. The first kappa shape index (κ1) is 26.2. The van der Waals surface area contributed by atoms with E-state index in [0.29, 0.717) is 35.7 Å². The van der Waals surface area contributed by atoms with Crippen LogP contribution in [0.25, 0.3) is 0 Å². The van der Waals surface area contributed by atoms with Crippen LogP contribution in [-0.2, 0) is 9.47 Å². The fraction of sp³-hybridized carbons (Fsp3) is 0.462. The Hall–Kier alpha value is -2.82. The first-order valence-electron chi connectivity index (χ1n) is 10.5.